The summed E-state index contributed by atoms with van der Waals surface area (Å²) in [4.78, 5) is 37.5. The van der Waals surface area contributed by atoms with Crippen molar-refractivity contribution in [3.8, 4) is 5.75 Å². The lowest BCUT2D eigenvalue weighted by atomic mass is 9.74. The monoisotopic (exact) mass is 500 g/mol. The molecule has 0 radical (unpaired) electrons. The van der Waals surface area contributed by atoms with Crippen LogP contribution in [0.3, 0.4) is 0 Å². The molecule has 0 amide bonds. The maximum atomic E-state index is 13.4. The number of fused-ring (bicyclic) bond motifs is 1. The standard InChI is InChI=1S/C28H24N2O5S/c1-28(2)15-22-25(23(31)16-28)26(36-24-9-4-3-8-21(24)29-22)18-6-5-7-20(14-18)35-27(32)17-10-12-19(13-11-17)30(33)34/h3-14,26,29H,15-16H2,1-2H3. The van der Waals surface area contributed by atoms with E-state index in [0.717, 1.165) is 33.8 Å². The van der Waals surface area contributed by atoms with E-state index in [-0.39, 0.29) is 27.7 Å². The molecule has 0 saturated carbocycles. The van der Waals surface area contributed by atoms with Crippen LogP contribution in [0.2, 0.25) is 0 Å². The van der Waals surface area contributed by atoms with Gasteiger partial charge in [0, 0.05) is 34.7 Å². The van der Waals surface area contributed by atoms with E-state index in [1.807, 2.05) is 30.3 Å². The zero-order valence-electron chi connectivity index (χ0n) is 19.8. The number of Topliss-reactive ketones (excluding diaryl/α,β-unsaturated/α-hetero) is 1. The SMILES string of the molecule is CC1(C)CC(=O)C2=C(C1)Nc1ccccc1SC2c1cccc(OC(=O)c2ccc([N+](=O)[O-])cc2)c1. The molecule has 0 spiro atoms. The van der Waals surface area contributed by atoms with Crippen molar-refractivity contribution < 1.29 is 19.2 Å². The van der Waals surface area contributed by atoms with Crippen molar-refractivity contribution in [3.63, 3.8) is 0 Å². The fourth-order valence-electron chi connectivity index (χ4n) is 4.63. The zero-order valence-corrected chi connectivity index (χ0v) is 20.6. The summed E-state index contributed by atoms with van der Waals surface area (Å²) in [6.07, 6.45) is 1.23. The Balaban J connectivity index is 1.48. The number of hydrogen-bond donors (Lipinski definition) is 1. The van der Waals surface area contributed by atoms with Gasteiger partial charge in [-0.05, 0) is 53.8 Å². The quantitative estimate of drug-likeness (QED) is 0.184. The molecule has 8 heteroatoms. The maximum absolute atomic E-state index is 13.4. The highest BCUT2D eigenvalue weighted by atomic mass is 32.2. The molecule has 182 valence electrons. The molecule has 1 heterocycles. The van der Waals surface area contributed by atoms with Gasteiger partial charge in [0.15, 0.2) is 5.78 Å². The number of nitrogens with one attached hydrogen (secondary N) is 1. The number of thioether (sulfide) groups is 1. The average Bonchev–Trinajstić information content (AvgIpc) is 3.00. The van der Waals surface area contributed by atoms with Gasteiger partial charge in [-0.3, -0.25) is 14.9 Å². The van der Waals surface area contributed by atoms with Crippen molar-refractivity contribution in [2.45, 2.75) is 36.8 Å². The topological polar surface area (TPSA) is 98.5 Å². The fourth-order valence-corrected chi connectivity index (χ4v) is 5.96. The Morgan fingerprint density at radius 1 is 1.06 bits per heavy atom. The van der Waals surface area contributed by atoms with E-state index in [4.69, 9.17) is 4.74 Å². The first-order valence-electron chi connectivity index (χ1n) is 11.6. The normalized spacial score (nSPS) is 18.4. The molecule has 3 aromatic carbocycles. The Morgan fingerprint density at radius 3 is 2.56 bits per heavy atom. The molecule has 1 aliphatic carbocycles. The van der Waals surface area contributed by atoms with E-state index >= 15 is 0 Å². The lowest BCUT2D eigenvalue weighted by Crippen LogP contribution is -2.29. The third-order valence-corrected chi connectivity index (χ3v) is 7.64. The second-order valence-electron chi connectivity index (χ2n) is 9.72. The maximum Gasteiger partial charge on any atom is 0.343 e. The number of benzene rings is 3. The van der Waals surface area contributed by atoms with Crippen LogP contribution in [0.5, 0.6) is 5.75 Å². The summed E-state index contributed by atoms with van der Waals surface area (Å²) >= 11 is 1.60. The highest BCUT2D eigenvalue weighted by Crippen LogP contribution is 2.52. The summed E-state index contributed by atoms with van der Waals surface area (Å²) in [7, 11) is 0. The summed E-state index contributed by atoms with van der Waals surface area (Å²) in [6.45, 7) is 4.21. The third kappa shape index (κ3) is 4.77. The van der Waals surface area contributed by atoms with Gasteiger partial charge in [-0.2, -0.15) is 0 Å². The highest BCUT2D eigenvalue weighted by molar-refractivity contribution is 8.00. The van der Waals surface area contributed by atoms with Crippen LogP contribution in [0.25, 0.3) is 0 Å². The third-order valence-electron chi connectivity index (χ3n) is 6.28. The number of ether oxygens (including phenoxy) is 1. The van der Waals surface area contributed by atoms with Gasteiger partial charge >= 0.3 is 5.97 Å². The first kappa shape index (κ1) is 23.8. The molecule has 0 bridgehead atoms. The molecule has 1 N–H and O–H groups in total. The number of allylic oxidation sites excluding steroid dienone is 1. The Morgan fingerprint density at radius 2 is 1.81 bits per heavy atom. The predicted molar refractivity (Wildman–Crippen MR) is 138 cm³/mol. The number of hydrogen-bond acceptors (Lipinski definition) is 7. The molecule has 36 heavy (non-hydrogen) atoms. The second kappa shape index (κ2) is 9.28. The van der Waals surface area contributed by atoms with Crippen molar-refractivity contribution in [2.24, 2.45) is 5.41 Å². The molecule has 0 saturated heterocycles. The van der Waals surface area contributed by atoms with E-state index in [1.54, 1.807) is 30.0 Å². The minimum Gasteiger partial charge on any atom is -0.423 e. The molecule has 1 aliphatic heterocycles. The molecule has 0 fully saturated rings. The van der Waals surface area contributed by atoms with Crippen LogP contribution in [0.4, 0.5) is 11.4 Å². The Labute approximate surface area is 212 Å². The number of carbonyl (C=O) groups is 2. The molecule has 0 aromatic heterocycles. The smallest absolute Gasteiger partial charge is 0.343 e. The molecule has 1 unspecified atom stereocenters. The number of para-hydroxylation sites is 1. The molecule has 7 nitrogen and oxygen atoms in total. The van der Waals surface area contributed by atoms with Crippen LogP contribution in [0.1, 0.15) is 47.9 Å². The number of esters is 1. The first-order valence-corrected chi connectivity index (χ1v) is 12.4. The molecule has 2 aliphatic rings. The summed E-state index contributed by atoms with van der Waals surface area (Å²) in [6, 6.07) is 20.5. The zero-order chi connectivity index (χ0) is 25.4. The second-order valence-corrected chi connectivity index (χ2v) is 10.9. The number of anilines is 1. The predicted octanol–water partition coefficient (Wildman–Crippen LogP) is 6.72. The average molecular weight is 501 g/mol. The van der Waals surface area contributed by atoms with Crippen LogP contribution < -0.4 is 10.1 Å². The number of non-ortho nitro benzene ring substituents is 1. The summed E-state index contributed by atoms with van der Waals surface area (Å²) in [5.74, 6) is -0.155. The molecular formula is C28H24N2O5S. The van der Waals surface area contributed by atoms with E-state index < -0.39 is 10.9 Å². The van der Waals surface area contributed by atoms with E-state index in [1.165, 1.54) is 24.3 Å². The van der Waals surface area contributed by atoms with E-state index in [2.05, 4.69) is 19.2 Å². The van der Waals surface area contributed by atoms with Crippen molar-refractivity contribution >= 4 is 34.9 Å². The van der Waals surface area contributed by atoms with Crippen LogP contribution in [-0.4, -0.2) is 16.7 Å². The summed E-state index contributed by atoms with van der Waals surface area (Å²) < 4.78 is 5.59. The van der Waals surface area contributed by atoms with Crippen molar-refractivity contribution in [1.29, 1.82) is 0 Å². The van der Waals surface area contributed by atoms with Gasteiger partial charge in [0.2, 0.25) is 0 Å². The van der Waals surface area contributed by atoms with E-state index in [9.17, 15) is 19.7 Å². The number of nitro groups is 1. The first-order chi connectivity index (χ1) is 17.2. The largest absolute Gasteiger partial charge is 0.423 e. The van der Waals surface area contributed by atoms with Crippen LogP contribution >= 0.6 is 11.8 Å². The van der Waals surface area contributed by atoms with Crippen molar-refractivity contribution in [2.75, 3.05) is 5.32 Å². The molecule has 3 aromatic rings. The highest BCUT2D eigenvalue weighted by Gasteiger charge is 2.39. The van der Waals surface area contributed by atoms with Gasteiger partial charge in [0.05, 0.1) is 21.4 Å². The van der Waals surface area contributed by atoms with Gasteiger partial charge in [0.25, 0.3) is 5.69 Å². The van der Waals surface area contributed by atoms with Gasteiger partial charge in [-0.1, -0.05) is 38.1 Å². The molecule has 1 atom stereocenters. The fraction of sp³-hybridized carbons (Fsp3) is 0.214. The Kier molecular flexibility index (Phi) is 6.14. The number of nitro benzene ring substituents is 1. The van der Waals surface area contributed by atoms with Crippen molar-refractivity contribution in [3.05, 3.63) is 105 Å². The summed E-state index contributed by atoms with van der Waals surface area (Å²) in [5.41, 5.74) is 3.50. The number of ketones is 1. The number of nitrogens with zero attached hydrogens (tertiary/aromatic N) is 1. The van der Waals surface area contributed by atoms with Gasteiger partial charge in [0.1, 0.15) is 5.75 Å². The lowest BCUT2D eigenvalue weighted by molar-refractivity contribution is -0.384. The minimum absolute atomic E-state index is 0.0998. The van der Waals surface area contributed by atoms with Crippen molar-refractivity contribution in [1.82, 2.24) is 0 Å². The van der Waals surface area contributed by atoms with Crippen LogP contribution in [0.15, 0.2) is 89.0 Å². The van der Waals surface area contributed by atoms with Gasteiger partial charge in [-0.25, -0.2) is 4.79 Å². The summed E-state index contributed by atoms with van der Waals surface area (Å²) in [5, 5.41) is 14.1. The van der Waals surface area contributed by atoms with Gasteiger partial charge < -0.3 is 10.1 Å². The number of rotatable bonds is 4. The van der Waals surface area contributed by atoms with Crippen LogP contribution in [-0.2, 0) is 4.79 Å². The lowest BCUT2D eigenvalue weighted by Gasteiger charge is -2.34. The number of carbonyl (C=O) groups excluding carboxylic acids is 2. The Hall–Kier alpha value is -3.91. The molecule has 5 rings (SSSR count). The molecular weight excluding hydrogens is 476 g/mol. The Bertz CT molecular complexity index is 1410. The minimum atomic E-state index is -0.613. The van der Waals surface area contributed by atoms with Crippen LogP contribution in [0, 0.1) is 15.5 Å². The van der Waals surface area contributed by atoms with Gasteiger partial charge in [-0.15, -0.1) is 11.8 Å². The van der Waals surface area contributed by atoms with E-state index in [0.29, 0.717) is 12.2 Å².